The number of aromatic amines is 1. The molecule has 14 heavy (non-hydrogen) atoms. The van der Waals surface area contributed by atoms with Crippen LogP contribution < -0.4 is 5.73 Å². The van der Waals surface area contributed by atoms with E-state index in [4.69, 9.17) is 5.73 Å². The van der Waals surface area contributed by atoms with Crippen molar-refractivity contribution in [2.75, 3.05) is 5.73 Å². The van der Waals surface area contributed by atoms with Gasteiger partial charge in [-0.2, -0.15) is 0 Å². The molecule has 0 saturated carbocycles. The summed E-state index contributed by atoms with van der Waals surface area (Å²) in [5, 5.41) is 0. The first-order valence-electron chi connectivity index (χ1n) is 4.56. The van der Waals surface area contributed by atoms with Crippen molar-refractivity contribution in [3.8, 4) is 11.4 Å². The van der Waals surface area contributed by atoms with E-state index in [0.717, 1.165) is 17.1 Å². The molecule has 0 aliphatic rings. The lowest BCUT2D eigenvalue weighted by Gasteiger charge is -1.96. The summed E-state index contributed by atoms with van der Waals surface area (Å²) in [6.07, 6.45) is 0. The van der Waals surface area contributed by atoms with Crippen LogP contribution in [0.3, 0.4) is 0 Å². The molecule has 2 aromatic rings. The highest BCUT2D eigenvalue weighted by Crippen LogP contribution is 2.19. The topological polar surface area (TPSA) is 54.7 Å². The van der Waals surface area contributed by atoms with Gasteiger partial charge in [0.25, 0.3) is 0 Å². The molecular weight excluding hydrogens is 174 g/mol. The van der Waals surface area contributed by atoms with Crippen LogP contribution >= 0.6 is 0 Å². The van der Waals surface area contributed by atoms with Gasteiger partial charge < -0.3 is 10.7 Å². The average molecular weight is 187 g/mol. The molecule has 1 aromatic carbocycles. The Balaban J connectivity index is 2.44. The van der Waals surface area contributed by atoms with Gasteiger partial charge in [-0.25, -0.2) is 4.98 Å². The van der Waals surface area contributed by atoms with Gasteiger partial charge in [-0.05, 0) is 13.8 Å². The molecule has 2 rings (SSSR count). The Morgan fingerprint density at radius 3 is 2.29 bits per heavy atom. The minimum Gasteiger partial charge on any atom is -0.382 e. The third-order valence-electron chi connectivity index (χ3n) is 2.25. The second kappa shape index (κ2) is 3.18. The fourth-order valence-corrected chi connectivity index (χ4v) is 1.32. The number of H-pyrrole nitrogens is 1. The second-order valence-corrected chi connectivity index (χ2v) is 3.46. The fourth-order valence-electron chi connectivity index (χ4n) is 1.32. The summed E-state index contributed by atoms with van der Waals surface area (Å²) in [5.41, 5.74) is 8.89. The van der Waals surface area contributed by atoms with Gasteiger partial charge in [0.05, 0.1) is 5.69 Å². The number of imidazole rings is 1. The number of anilines is 1. The number of benzene rings is 1. The van der Waals surface area contributed by atoms with Gasteiger partial charge >= 0.3 is 0 Å². The number of nitrogens with two attached hydrogens (primary N) is 1. The van der Waals surface area contributed by atoms with Crippen molar-refractivity contribution < 1.29 is 0 Å². The van der Waals surface area contributed by atoms with Gasteiger partial charge in [-0.15, -0.1) is 0 Å². The first-order chi connectivity index (χ1) is 6.66. The van der Waals surface area contributed by atoms with Crippen LogP contribution in [0.25, 0.3) is 11.4 Å². The van der Waals surface area contributed by atoms with Crippen LogP contribution in [0.5, 0.6) is 0 Å². The summed E-state index contributed by atoms with van der Waals surface area (Å²) >= 11 is 0. The summed E-state index contributed by atoms with van der Waals surface area (Å²) < 4.78 is 0. The molecule has 1 aromatic heterocycles. The molecule has 0 aliphatic heterocycles. The Hall–Kier alpha value is -1.77. The maximum atomic E-state index is 5.67. The molecule has 0 aliphatic carbocycles. The molecule has 72 valence electrons. The number of nitrogens with zero attached hydrogens (tertiary/aromatic N) is 1. The monoisotopic (exact) mass is 187 g/mol. The van der Waals surface area contributed by atoms with Crippen LogP contribution in [0.4, 0.5) is 5.82 Å². The van der Waals surface area contributed by atoms with E-state index in [0.29, 0.717) is 5.82 Å². The number of hydrogen-bond acceptors (Lipinski definition) is 2. The number of rotatable bonds is 1. The first-order valence-corrected chi connectivity index (χ1v) is 4.56. The molecule has 3 heteroatoms. The predicted octanol–water partition coefficient (Wildman–Crippen LogP) is 2.28. The van der Waals surface area contributed by atoms with Gasteiger partial charge in [-0.1, -0.05) is 29.8 Å². The van der Waals surface area contributed by atoms with E-state index in [-0.39, 0.29) is 0 Å². The number of aromatic nitrogens is 2. The fraction of sp³-hybridized carbons (Fsp3) is 0.182. The SMILES string of the molecule is Cc1ccc(-c2nc(N)c(C)[nH]2)cc1. The van der Waals surface area contributed by atoms with E-state index in [1.807, 2.05) is 19.1 Å². The zero-order valence-electron chi connectivity index (χ0n) is 8.33. The van der Waals surface area contributed by atoms with Crippen molar-refractivity contribution in [3.05, 3.63) is 35.5 Å². The van der Waals surface area contributed by atoms with E-state index in [1.54, 1.807) is 0 Å². The Bertz CT molecular complexity index is 421. The molecule has 0 saturated heterocycles. The van der Waals surface area contributed by atoms with Gasteiger partial charge in [0.15, 0.2) is 0 Å². The van der Waals surface area contributed by atoms with E-state index >= 15 is 0 Å². The quantitative estimate of drug-likeness (QED) is 0.719. The largest absolute Gasteiger partial charge is 0.382 e. The van der Waals surface area contributed by atoms with Crippen LogP contribution in [0.2, 0.25) is 0 Å². The molecule has 0 atom stereocenters. The standard InChI is InChI=1S/C11H13N3/c1-7-3-5-9(6-4-7)11-13-8(2)10(12)14-11/h3-6H,12H2,1-2H3,(H,13,14). The molecule has 3 N–H and O–H groups in total. The van der Waals surface area contributed by atoms with E-state index in [1.165, 1.54) is 5.56 Å². The lowest BCUT2D eigenvalue weighted by molar-refractivity contribution is 1.25. The van der Waals surface area contributed by atoms with Crippen LogP contribution in [-0.2, 0) is 0 Å². The highest BCUT2D eigenvalue weighted by atomic mass is 15.0. The van der Waals surface area contributed by atoms with E-state index in [2.05, 4.69) is 29.0 Å². The van der Waals surface area contributed by atoms with Gasteiger partial charge in [0, 0.05) is 5.56 Å². The minimum absolute atomic E-state index is 0.570. The summed E-state index contributed by atoms with van der Waals surface area (Å²) in [6, 6.07) is 8.19. The van der Waals surface area contributed by atoms with E-state index < -0.39 is 0 Å². The summed E-state index contributed by atoms with van der Waals surface area (Å²) in [4.78, 5) is 7.38. The van der Waals surface area contributed by atoms with Crippen molar-refractivity contribution in [3.63, 3.8) is 0 Å². The Kier molecular flexibility index (Phi) is 2.00. The molecule has 0 unspecified atom stereocenters. The average Bonchev–Trinajstić information content (AvgIpc) is 2.48. The first kappa shape index (κ1) is 8.81. The second-order valence-electron chi connectivity index (χ2n) is 3.46. The smallest absolute Gasteiger partial charge is 0.145 e. The number of nitrogen functional groups attached to an aromatic ring is 1. The van der Waals surface area contributed by atoms with Crippen molar-refractivity contribution in [2.24, 2.45) is 0 Å². The third kappa shape index (κ3) is 1.48. The Labute approximate surface area is 83.0 Å². The molecule has 0 fully saturated rings. The molecule has 0 spiro atoms. The lowest BCUT2D eigenvalue weighted by Crippen LogP contribution is -1.86. The van der Waals surface area contributed by atoms with Gasteiger partial charge in [-0.3, -0.25) is 0 Å². The summed E-state index contributed by atoms with van der Waals surface area (Å²) in [7, 11) is 0. The number of hydrogen-bond donors (Lipinski definition) is 2. The zero-order chi connectivity index (χ0) is 10.1. The summed E-state index contributed by atoms with van der Waals surface area (Å²) in [5.74, 6) is 1.40. The van der Waals surface area contributed by atoms with Crippen LogP contribution in [0.1, 0.15) is 11.3 Å². The van der Waals surface area contributed by atoms with Crippen molar-refractivity contribution in [1.82, 2.24) is 9.97 Å². The molecule has 3 nitrogen and oxygen atoms in total. The van der Waals surface area contributed by atoms with Crippen molar-refractivity contribution >= 4 is 5.82 Å². The van der Waals surface area contributed by atoms with Crippen LogP contribution in [-0.4, -0.2) is 9.97 Å². The maximum Gasteiger partial charge on any atom is 0.145 e. The molecular formula is C11H13N3. The van der Waals surface area contributed by atoms with Gasteiger partial charge in [0.1, 0.15) is 11.6 Å². The number of aryl methyl sites for hydroxylation is 2. The lowest BCUT2D eigenvalue weighted by atomic mass is 10.1. The Morgan fingerprint density at radius 2 is 1.79 bits per heavy atom. The highest BCUT2D eigenvalue weighted by Gasteiger charge is 2.04. The van der Waals surface area contributed by atoms with E-state index in [9.17, 15) is 0 Å². The highest BCUT2D eigenvalue weighted by molar-refractivity contribution is 5.59. The van der Waals surface area contributed by atoms with Crippen molar-refractivity contribution in [2.45, 2.75) is 13.8 Å². The minimum atomic E-state index is 0.570. The third-order valence-corrected chi connectivity index (χ3v) is 2.25. The normalized spacial score (nSPS) is 10.4. The zero-order valence-corrected chi connectivity index (χ0v) is 8.33. The van der Waals surface area contributed by atoms with Crippen molar-refractivity contribution in [1.29, 1.82) is 0 Å². The molecule has 1 heterocycles. The molecule has 0 radical (unpaired) electrons. The predicted molar refractivity (Wildman–Crippen MR) is 57.9 cm³/mol. The number of nitrogens with one attached hydrogen (secondary N) is 1. The Morgan fingerprint density at radius 1 is 1.14 bits per heavy atom. The molecule has 0 bridgehead atoms. The maximum absolute atomic E-state index is 5.67. The van der Waals surface area contributed by atoms with Crippen LogP contribution in [0.15, 0.2) is 24.3 Å². The molecule has 0 amide bonds. The van der Waals surface area contributed by atoms with Gasteiger partial charge in [0.2, 0.25) is 0 Å². The summed E-state index contributed by atoms with van der Waals surface area (Å²) in [6.45, 7) is 3.98. The van der Waals surface area contributed by atoms with Crippen LogP contribution in [0, 0.1) is 13.8 Å².